The van der Waals surface area contributed by atoms with Crippen LogP contribution in [0.2, 0.25) is 10.0 Å². The van der Waals surface area contributed by atoms with Crippen molar-refractivity contribution < 1.29 is 36.3 Å². The summed E-state index contributed by atoms with van der Waals surface area (Å²) in [7, 11) is 0. The fourth-order valence-corrected chi connectivity index (χ4v) is 5.04. The highest BCUT2D eigenvalue weighted by Gasteiger charge is 2.55. The summed E-state index contributed by atoms with van der Waals surface area (Å²) in [5.41, 5.74) is -1.17. The lowest BCUT2D eigenvalue weighted by Gasteiger charge is -2.41. The van der Waals surface area contributed by atoms with Gasteiger partial charge in [0.2, 0.25) is 5.91 Å². The largest absolute Gasteiger partial charge is 0.405 e. The van der Waals surface area contributed by atoms with Crippen LogP contribution in [-0.4, -0.2) is 49.4 Å². The average Bonchev–Trinajstić information content (AvgIpc) is 2.88. The first-order chi connectivity index (χ1) is 18.7. The third-order valence-electron chi connectivity index (χ3n) is 6.40. The second kappa shape index (κ2) is 11.3. The van der Waals surface area contributed by atoms with Crippen LogP contribution in [0, 0.1) is 0 Å². The number of hydrogen-bond donors (Lipinski definition) is 2. The van der Waals surface area contributed by atoms with Gasteiger partial charge in [-0.2, -0.15) is 13.2 Å². The molecule has 0 aliphatic carbocycles. The lowest BCUT2D eigenvalue weighted by molar-refractivity contribution is -0.206. The van der Waals surface area contributed by atoms with Crippen LogP contribution in [0.15, 0.2) is 59.6 Å². The Morgan fingerprint density at radius 2 is 1.62 bits per heavy atom. The number of carbonyl (C=O) groups excluding carboxylic acids is 2. The summed E-state index contributed by atoms with van der Waals surface area (Å²) in [6, 6.07) is 13.8. The number of rotatable bonds is 7. The normalized spacial score (nSPS) is 17.9. The van der Waals surface area contributed by atoms with E-state index in [-0.39, 0.29) is 34.3 Å². The van der Waals surface area contributed by atoms with Crippen molar-refractivity contribution in [1.29, 1.82) is 0 Å². The van der Waals surface area contributed by atoms with E-state index in [1.54, 1.807) is 29.6 Å². The van der Waals surface area contributed by atoms with E-state index in [0.717, 1.165) is 6.92 Å². The van der Waals surface area contributed by atoms with Gasteiger partial charge in [-0.05, 0) is 40.6 Å². The van der Waals surface area contributed by atoms with Crippen LogP contribution in [0.4, 0.5) is 22.0 Å². The Labute approximate surface area is 235 Å². The number of nitrogens with zero attached hydrogens (tertiary/aromatic N) is 1. The van der Waals surface area contributed by atoms with Crippen molar-refractivity contribution >= 4 is 51.5 Å². The van der Waals surface area contributed by atoms with Crippen LogP contribution in [0.5, 0.6) is 0 Å². The van der Waals surface area contributed by atoms with Crippen molar-refractivity contribution in [3.8, 4) is 0 Å². The molecule has 0 fully saturated rings. The van der Waals surface area contributed by atoms with Gasteiger partial charge in [0.1, 0.15) is 13.3 Å². The molecule has 2 N–H and O–H groups in total. The van der Waals surface area contributed by atoms with Crippen molar-refractivity contribution in [1.82, 2.24) is 10.6 Å². The summed E-state index contributed by atoms with van der Waals surface area (Å²) in [5, 5.41) is 5.22. The number of carbonyl (C=O) groups is 2. The van der Waals surface area contributed by atoms with Crippen LogP contribution < -0.4 is 10.6 Å². The summed E-state index contributed by atoms with van der Waals surface area (Å²) < 4.78 is 73.1. The fourth-order valence-electron chi connectivity index (χ4n) is 4.52. The molecule has 4 rings (SSSR count). The molecule has 0 saturated carbocycles. The van der Waals surface area contributed by atoms with Gasteiger partial charge in [0, 0.05) is 40.2 Å². The average molecular weight is 602 g/mol. The molecule has 40 heavy (non-hydrogen) atoms. The van der Waals surface area contributed by atoms with Crippen molar-refractivity contribution in [3.63, 3.8) is 0 Å². The standard InChI is InChI=1S/C27H22Cl2F5N3O3/c1-25(30,31)26(15-8-16(28)10-17(29)9-15)11-22(37-14-40-26)20-6-7-21(19-5-3-2-4-18(19)20)24(39)35-12-23(38)36-13-27(32,33)34/h2-10H,11-14H2,1H3,(H,35,39)(H,36,38). The number of fused-ring (bicyclic) bond motifs is 1. The third kappa shape index (κ3) is 6.37. The Morgan fingerprint density at radius 3 is 2.25 bits per heavy atom. The van der Waals surface area contributed by atoms with Crippen molar-refractivity contribution in [2.75, 3.05) is 19.8 Å². The van der Waals surface area contributed by atoms with Gasteiger partial charge in [-0.3, -0.25) is 14.6 Å². The number of ether oxygens (including phenoxy) is 1. The van der Waals surface area contributed by atoms with Crippen LogP contribution >= 0.6 is 23.2 Å². The first-order valence-electron chi connectivity index (χ1n) is 11.9. The molecule has 0 aromatic heterocycles. The maximum Gasteiger partial charge on any atom is 0.405 e. The highest BCUT2D eigenvalue weighted by Crippen LogP contribution is 2.47. The zero-order valence-electron chi connectivity index (χ0n) is 20.8. The predicted molar refractivity (Wildman–Crippen MR) is 141 cm³/mol. The second-order valence-corrected chi connectivity index (χ2v) is 10.1. The monoisotopic (exact) mass is 601 g/mol. The molecule has 3 aromatic carbocycles. The number of amides is 2. The summed E-state index contributed by atoms with van der Waals surface area (Å²) in [6.07, 6.45) is -4.93. The first-order valence-corrected chi connectivity index (χ1v) is 12.6. The van der Waals surface area contributed by atoms with Gasteiger partial charge in [0.05, 0.1) is 6.54 Å². The molecular weight excluding hydrogens is 580 g/mol. The Bertz CT molecular complexity index is 1470. The number of alkyl halides is 5. The van der Waals surface area contributed by atoms with Crippen molar-refractivity contribution in [2.24, 2.45) is 4.99 Å². The highest BCUT2D eigenvalue weighted by molar-refractivity contribution is 6.34. The minimum Gasteiger partial charge on any atom is -0.345 e. The molecular formula is C27H22Cl2F5N3O3. The predicted octanol–water partition coefficient (Wildman–Crippen LogP) is 6.27. The number of benzene rings is 3. The van der Waals surface area contributed by atoms with Gasteiger partial charge < -0.3 is 15.4 Å². The molecule has 1 atom stereocenters. The Hall–Kier alpha value is -3.28. The Morgan fingerprint density at radius 1 is 0.975 bits per heavy atom. The molecule has 2 amide bonds. The zero-order chi connectivity index (χ0) is 29.3. The molecule has 1 aliphatic heterocycles. The van der Waals surface area contributed by atoms with E-state index in [4.69, 9.17) is 27.9 Å². The molecule has 3 aromatic rings. The molecule has 13 heteroatoms. The van der Waals surface area contributed by atoms with E-state index in [1.165, 1.54) is 30.3 Å². The van der Waals surface area contributed by atoms with Crippen molar-refractivity contribution in [3.05, 3.63) is 81.3 Å². The van der Waals surface area contributed by atoms with E-state index < -0.39 is 42.6 Å². The zero-order valence-corrected chi connectivity index (χ0v) is 22.4. The third-order valence-corrected chi connectivity index (χ3v) is 6.83. The number of hydrogen-bond acceptors (Lipinski definition) is 4. The molecule has 0 bridgehead atoms. The SMILES string of the molecule is CC(F)(F)C1(c2cc(Cl)cc(Cl)c2)CC(c2ccc(C(=O)NCC(=O)NCC(F)(F)F)c3ccccc23)=NCO1. The quantitative estimate of drug-likeness (QED) is 0.313. The number of aliphatic imine (C=N–C) groups is 1. The molecule has 0 saturated heterocycles. The second-order valence-electron chi connectivity index (χ2n) is 9.21. The molecule has 1 unspecified atom stereocenters. The minimum atomic E-state index is -4.59. The van der Waals surface area contributed by atoms with Crippen LogP contribution in [0.3, 0.4) is 0 Å². The van der Waals surface area contributed by atoms with Gasteiger partial charge in [-0.15, -0.1) is 0 Å². The number of nitrogens with one attached hydrogen (secondary N) is 2. The molecule has 1 aliphatic rings. The minimum absolute atomic E-state index is 0.0778. The number of halogens is 7. The van der Waals surface area contributed by atoms with Gasteiger partial charge in [-0.1, -0.05) is 53.5 Å². The van der Waals surface area contributed by atoms with E-state index in [1.807, 2.05) is 0 Å². The van der Waals surface area contributed by atoms with Gasteiger partial charge >= 0.3 is 6.18 Å². The maximum atomic E-state index is 15.2. The molecule has 212 valence electrons. The van der Waals surface area contributed by atoms with Crippen LogP contribution in [0.1, 0.15) is 34.8 Å². The highest BCUT2D eigenvalue weighted by atomic mass is 35.5. The molecule has 0 radical (unpaired) electrons. The van der Waals surface area contributed by atoms with E-state index >= 15 is 8.78 Å². The van der Waals surface area contributed by atoms with Gasteiger partial charge in [0.25, 0.3) is 11.8 Å². The van der Waals surface area contributed by atoms with Crippen molar-refractivity contribution in [2.45, 2.75) is 31.0 Å². The lowest BCUT2D eigenvalue weighted by atomic mass is 9.80. The molecule has 1 heterocycles. The summed E-state index contributed by atoms with van der Waals surface area (Å²) in [4.78, 5) is 28.9. The summed E-state index contributed by atoms with van der Waals surface area (Å²) >= 11 is 12.2. The summed E-state index contributed by atoms with van der Waals surface area (Å²) in [5.74, 6) is -5.10. The van der Waals surface area contributed by atoms with E-state index in [2.05, 4.69) is 10.3 Å². The fraction of sp³-hybridized carbons (Fsp3) is 0.296. The lowest BCUT2D eigenvalue weighted by Crippen LogP contribution is -2.49. The first kappa shape index (κ1) is 29.7. The Balaban J connectivity index is 1.66. The van der Waals surface area contributed by atoms with Crippen LogP contribution in [0.25, 0.3) is 10.8 Å². The Kier molecular flexibility index (Phi) is 8.39. The van der Waals surface area contributed by atoms with Crippen LogP contribution in [-0.2, 0) is 15.1 Å². The maximum absolute atomic E-state index is 15.2. The van der Waals surface area contributed by atoms with E-state index in [0.29, 0.717) is 22.0 Å². The molecule has 6 nitrogen and oxygen atoms in total. The topological polar surface area (TPSA) is 79.8 Å². The van der Waals surface area contributed by atoms with E-state index in [9.17, 15) is 22.8 Å². The molecule has 0 spiro atoms. The smallest absolute Gasteiger partial charge is 0.345 e. The summed E-state index contributed by atoms with van der Waals surface area (Å²) in [6.45, 7) is -1.84. The van der Waals surface area contributed by atoms with Gasteiger partial charge in [-0.25, -0.2) is 8.78 Å². The van der Waals surface area contributed by atoms with Gasteiger partial charge in [0.15, 0.2) is 5.60 Å².